The van der Waals surface area contributed by atoms with Gasteiger partial charge in [-0.05, 0) is 42.7 Å². The molecular formula is C23H34ClFN2O4. The third-order valence-corrected chi connectivity index (χ3v) is 7.35. The zero-order valence-corrected chi connectivity index (χ0v) is 20.4. The van der Waals surface area contributed by atoms with Gasteiger partial charge in [0, 0.05) is 18.9 Å². The second-order valence-electron chi connectivity index (χ2n) is 11.0. The molecule has 1 fully saturated rings. The van der Waals surface area contributed by atoms with Crippen LogP contribution in [0.1, 0.15) is 66.1 Å². The lowest BCUT2D eigenvalue weighted by Gasteiger charge is -2.64. The molecule has 1 amide bonds. The summed E-state index contributed by atoms with van der Waals surface area (Å²) in [5, 5.41) is 20.7. The van der Waals surface area contributed by atoms with Gasteiger partial charge in [-0.3, -0.25) is 4.79 Å². The van der Waals surface area contributed by atoms with E-state index in [-0.39, 0.29) is 30.2 Å². The van der Waals surface area contributed by atoms with Gasteiger partial charge in [-0.2, -0.15) is 0 Å². The zero-order valence-electron chi connectivity index (χ0n) is 19.6. The van der Waals surface area contributed by atoms with Crippen LogP contribution in [0, 0.1) is 34.9 Å². The van der Waals surface area contributed by atoms with Crippen LogP contribution in [0.2, 0.25) is 5.15 Å². The van der Waals surface area contributed by atoms with Gasteiger partial charge in [0.25, 0.3) is 0 Å². The lowest BCUT2D eigenvalue weighted by atomic mass is 9.47. The van der Waals surface area contributed by atoms with E-state index in [9.17, 15) is 19.8 Å². The Labute approximate surface area is 188 Å². The summed E-state index contributed by atoms with van der Waals surface area (Å²) in [4.78, 5) is 30.7. The lowest BCUT2D eigenvalue weighted by molar-refractivity contribution is -0.188. The highest BCUT2D eigenvalue weighted by Crippen LogP contribution is 2.60. The molecule has 1 aliphatic heterocycles. The summed E-state index contributed by atoms with van der Waals surface area (Å²) in [5.74, 6) is -2.29. The van der Waals surface area contributed by atoms with Crippen molar-refractivity contribution in [3.05, 3.63) is 28.3 Å². The van der Waals surface area contributed by atoms with E-state index < -0.39 is 45.6 Å². The first-order valence-corrected chi connectivity index (χ1v) is 10.8. The van der Waals surface area contributed by atoms with Crippen molar-refractivity contribution in [1.82, 2.24) is 9.88 Å². The molecule has 0 radical (unpaired) electrons. The molecule has 6 nitrogen and oxygen atoms in total. The number of aromatic nitrogens is 1. The maximum absolute atomic E-state index is 15.0. The molecule has 0 aromatic carbocycles. The van der Waals surface area contributed by atoms with E-state index in [0.717, 1.165) is 0 Å². The van der Waals surface area contributed by atoms with Crippen LogP contribution in [0.15, 0.2) is 6.07 Å². The number of carbonyl (C=O) groups is 2. The number of nitrogens with zero attached hydrogens (tertiary/aromatic N) is 2. The number of halogens is 2. The number of piperidine rings is 1. The van der Waals surface area contributed by atoms with Gasteiger partial charge in [0.05, 0.1) is 16.6 Å². The normalized spacial score (nSPS) is 27.3. The summed E-state index contributed by atoms with van der Waals surface area (Å²) >= 11 is 6.07. The molecular weight excluding hydrogens is 423 g/mol. The largest absolute Gasteiger partial charge is 0.481 e. The van der Waals surface area contributed by atoms with Crippen molar-refractivity contribution in [2.24, 2.45) is 22.2 Å². The van der Waals surface area contributed by atoms with Crippen molar-refractivity contribution < 1.29 is 24.2 Å². The van der Waals surface area contributed by atoms with Crippen molar-refractivity contribution in [2.45, 2.75) is 73.8 Å². The van der Waals surface area contributed by atoms with Crippen molar-refractivity contribution in [1.29, 1.82) is 0 Å². The Morgan fingerprint density at radius 2 is 1.81 bits per heavy atom. The Morgan fingerprint density at radius 1 is 1.26 bits per heavy atom. The molecule has 1 unspecified atom stereocenters. The molecule has 174 valence electrons. The molecule has 2 N–H and O–H groups in total. The minimum atomic E-state index is -1.43. The summed E-state index contributed by atoms with van der Waals surface area (Å²) in [6.45, 7) is 14.9. The first-order valence-electron chi connectivity index (χ1n) is 10.4. The molecule has 3 atom stereocenters. The van der Waals surface area contributed by atoms with Crippen LogP contribution in [0.25, 0.3) is 0 Å². The van der Waals surface area contributed by atoms with Gasteiger partial charge in [0.2, 0.25) is 0 Å². The molecule has 31 heavy (non-hydrogen) atoms. The second-order valence-corrected chi connectivity index (χ2v) is 11.4. The molecule has 0 aliphatic carbocycles. The average Bonchev–Trinajstić information content (AvgIpc) is 2.56. The summed E-state index contributed by atoms with van der Waals surface area (Å²) in [7, 11) is 0. The minimum absolute atomic E-state index is 0.00156. The molecule has 0 saturated carbocycles. The van der Waals surface area contributed by atoms with Gasteiger partial charge < -0.3 is 15.1 Å². The predicted molar refractivity (Wildman–Crippen MR) is 118 cm³/mol. The number of amides is 1. The number of carboxylic acids is 1. The minimum Gasteiger partial charge on any atom is -0.481 e. The summed E-state index contributed by atoms with van der Waals surface area (Å²) in [6, 6.07) is 1.40. The van der Waals surface area contributed by atoms with Gasteiger partial charge in [0.15, 0.2) is 0 Å². The Balaban J connectivity index is 2.86. The van der Waals surface area contributed by atoms with E-state index in [0.29, 0.717) is 5.56 Å². The fourth-order valence-corrected chi connectivity index (χ4v) is 6.04. The molecule has 1 aliphatic rings. The Bertz CT molecular complexity index is 893. The topological polar surface area (TPSA) is 90.7 Å². The van der Waals surface area contributed by atoms with Gasteiger partial charge in [0.1, 0.15) is 11.0 Å². The monoisotopic (exact) mass is 456 g/mol. The number of aryl methyl sites for hydroxylation is 1. The molecule has 1 aromatic rings. The van der Waals surface area contributed by atoms with Crippen molar-refractivity contribution in [2.75, 3.05) is 6.54 Å². The van der Waals surface area contributed by atoms with Crippen LogP contribution in [0.4, 0.5) is 9.18 Å². The highest BCUT2D eigenvalue weighted by Gasteiger charge is 2.66. The van der Waals surface area contributed by atoms with Crippen molar-refractivity contribution >= 4 is 23.7 Å². The van der Waals surface area contributed by atoms with E-state index >= 15 is 4.39 Å². The Kier molecular flexibility index (Phi) is 6.47. The highest BCUT2D eigenvalue weighted by atomic mass is 35.5. The zero-order chi connectivity index (χ0) is 24.2. The van der Waals surface area contributed by atoms with Gasteiger partial charge in [-0.15, -0.1) is 0 Å². The SMILES string of the molecule is Cc1cc(Cl)nc(C[C@]2(C(=O)O)CCN(C(=O)O)[C@@](C)(C(C)(C)C)C2C(C)(C)C)c1F. The molecule has 2 heterocycles. The van der Waals surface area contributed by atoms with Gasteiger partial charge >= 0.3 is 12.1 Å². The van der Waals surface area contributed by atoms with Crippen LogP contribution in [0.5, 0.6) is 0 Å². The number of hydrogen-bond acceptors (Lipinski definition) is 3. The van der Waals surface area contributed by atoms with E-state index in [1.54, 1.807) is 6.92 Å². The summed E-state index contributed by atoms with van der Waals surface area (Å²) < 4.78 is 15.0. The van der Waals surface area contributed by atoms with E-state index in [1.807, 2.05) is 48.5 Å². The second kappa shape index (κ2) is 7.91. The Hall–Kier alpha value is -1.89. The average molecular weight is 457 g/mol. The number of hydrogen-bond donors (Lipinski definition) is 2. The van der Waals surface area contributed by atoms with E-state index in [2.05, 4.69) is 4.98 Å². The molecule has 2 rings (SSSR count). The maximum Gasteiger partial charge on any atom is 0.407 e. The van der Waals surface area contributed by atoms with E-state index in [4.69, 9.17) is 11.6 Å². The molecule has 1 saturated heterocycles. The summed E-state index contributed by atoms with van der Waals surface area (Å²) in [6.07, 6.45) is -1.21. The summed E-state index contributed by atoms with van der Waals surface area (Å²) in [5.41, 5.74) is -3.39. The third-order valence-electron chi connectivity index (χ3n) is 7.16. The van der Waals surface area contributed by atoms with Crippen LogP contribution >= 0.6 is 11.6 Å². The third kappa shape index (κ3) is 4.13. The number of likely N-dealkylation sites (tertiary alicyclic amines) is 1. The van der Waals surface area contributed by atoms with Crippen LogP contribution in [-0.2, 0) is 11.2 Å². The van der Waals surface area contributed by atoms with E-state index in [1.165, 1.54) is 11.0 Å². The molecule has 8 heteroatoms. The van der Waals surface area contributed by atoms with Crippen LogP contribution < -0.4 is 0 Å². The first kappa shape index (κ1) is 25.4. The smallest absolute Gasteiger partial charge is 0.407 e. The molecule has 1 aromatic heterocycles. The number of pyridine rings is 1. The predicted octanol–water partition coefficient (Wildman–Crippen LogP) is 5.65. The maximum atomic E-state index is 15.0. The van der Waals surface area contributed by atoms with Crippen molar-refractivity contribution in [3.63, 3.8) is 0 Å². The number of aliphatic carboxylic acids is 1. The molecule has 0 bridgehead atoms. The fourth-order valence-electron chi connectivity index (χ4n) is 5.78. The number of rotatable bonds is 3. The van der Waals surface area contributed by atoms with Crippen molar-refractivity contribution in [3.8, 4) is 0 Å². The highest BCUT2D eigenvalue weighted by molar-refractivity contribution is 6.29. The fraction of sp³-hybridized carbons (Fsp3) is 0.696. The quantitative estimate of drug-likeness (QED) is 0.573. The molecule has 0 spiro atoms. The van der Waals surface area contributed by atoms with Crippen LogP contribution in [0.3, 0.4) is 0 Å². The Morgan fingerprint density at radius 3 is 2.23 bits per heavy atom. The van der Waals surface area contributed by atoms with Gasteiger partial charge in [-0.1, -0.05) is 53.1 Å². The first-order chi connectivity index (χ1) is 13.9. The van der Waals surface area contributed by atoms with Crippen LogP contribution in [-0.4, -0.2) is 44.2 Å². The standard InChI is InChI=1S/C23H34ClFN2O4/c1-13-11-15(24)26-14(16(13)25)12-23(18(28)29)9-10-27(19(30)31)22(8,21(5,6)7)17(23)20(2,3)4/h11,17H,9-10,12H2,1-8H3,(H,28,29)(H,30,31)/t17?,22-,23-/m1/s1. The lowest BCUT2D eigenvalue weighted by Crippen LogP contribution is -2.72. The number of carboxylic acid groups (broad SMARTS) is 2. The van der Waals surface area contributed by atoms with Gasteiger partial charge in [-0.25, -0.2) is 14.2 Å².